The molecule has 1 aromatic carbocycles. The summed E-state index contributed by atoms with van der Waals surface area (Å²) < 4.78 is 7.00. The van der Waals surface area contributed by atoms with Crippen molar-refractivity contribution in [1.82, 2.24) is 4.57 Å². The number of aromatic hydroxyl groups is 1. The summed E-state index contributed by atoms with van der Waals surface area (Å²) in [7, 11) is 1.62. The van der Waals surface area contributed by atoms with Crippen molar-refractivity contribution >= 4 is 0 Å². The maximum Gasteiger partial charge on any atom is 0.254 e. The van der Waals surface area contributed by atoms with Crippen molar-refractivity contribution in [2.75, 3.05) is 7.11 Å². The lowest BCUT2D eigenvalue weighted by molar-refractivity contribution is 0.407. The lowest BCUT2D eigenvalue weighted by atomic mass is 10.1. The van der Waals surface area contributed by atoms with Crippen LogP contribution in [0.15, 0.2) is 41.2 Å². The van der Waals surface area contributed by atoms with Gasteiger partial charge in [0.05, 0.1) is 13.7 Å². The fourth-order valence-corrected chi connectivity index (χ4v) is 2.28. The molecule has 0 saturated carbocycles. The van der Waals surface area contributed by atoms with E-state index in [1.54, 1.807) is 17.7 Å². The highest BCUT2D eigenvalue weighted by molar-refractivity contribution is 5.34. The Morgan fingerprint density at radius 1 is 1.25 bits per heavy atom. The number of benzene rings is 1. The Labute approximate surface area is 118 Å². The van der Waals surface area contributed by atoms with Gasteiger partial charge >= 0.3 is 0 Å². The van der Waals surface area contributed by atoms with Crippen LogP contribution in [0.2, 0.25) is 0 Å². The van der Waals surface area contributed by atoms with E-state index in [4.69, 9.17) is 4.74 Å². The number of aromatic nitrogens is 1. The van der Waals surface area contributed by atoms with Crippen LogP contribution in [0.4, 0.5) is 0 Å². The number of para-hydroxylation sites is 1. The molecule has 0 saturated heterocycles. The maximum absolute atomic E-state index is 12.1. The molecule has 4 heteroatoms. The maximum atomic E-state index is 12.1. The molecule has 0 aliphatic heterocycles. The van der Waals surface area contributed by atoms with Gasteiger partial charge in [-0.25, -0.2) is 0 Å². The summed E-state index contributed by atoms with van der Waals surface area (Å²) in [5.41, 5.74) is 1.59. The molecule has 20 heavy (non-hydrogen) atoms. The quantitative estimate of drug-likeness (QED) is 0.911. The molecule has 2 rings (SSSR count). The van der Waals surface area contributed by atoms with Gasteiger partial charge in [0, 0.05) is 17.3 Å². The highest BCUT2D eigenvalue weighted by Crippen LogP contribution is 2.19. The molecule has 0 fully saturated rings. The molecule has 0 atom stereocenters. The number of pyridine rings is 1. The largest absolute Gasteiger partial charge is 0.508 e. The second-order valence-electron chi connectivity index (χ2n) is 4.69. The number of hydrogen-bond donors (Lipinski definition) is 1. The Morgan fingerprint density at radius 2 is 2.00 bits per heavy atom. The first-order chi connectivity index (χ1) is 9.65. The Balaban J connectivity index is 2.45. The number of aryl methyl sites for hydroxylation is 1. The topological polar surface area (TPSA) is 51.5 Å². The van der Waals surface area contributed by atoms with Crippen LogP contribution in [-0.2, 0) is 13.0 Å². The summed E-state index contributed by atoms with van der Waals surface area (Å²) in [4.78, 5) is 12.1. The zero-order chi connectivity index (χ0) is 14.5. The first kappa shape index (κ1) is 14.2. The van der Waals surface area contributed by atoms with Gasteiger partial charge in [0.25, 0.3) is 5.56 Å². The second-order valence-corrected chi connectivity index (χ2v) is 4.69. The summed E-state index contributed by atoms with van der Waals surface area (Å²) in [5, 5.41) is 9.57. The fraction of sp³-hybridized carbons (Fsp3) is 0.312. The van der Waals surface area contributed by atoms with Gasteiger partial charge in [-0.3, -0.25) is 4.79 Å². The molecule has 1 N–H and O–H groups in total. The highest BCUT2D eigenvalue weighted by atomic mass is 16.5. The standard InChI is InChI=1S/C16H19NO3/c1-3-6-13-9-14(18)10-16(19)17(13)11-12-7-4-5-8-15(12)20-2/h4-5,7-10,18H,3,6,11H2,1-2H3. The molecule has 0 unspecified atom stereocenters. The minimum Gasteiger partial charge on any atom is -0.508 e. The van der Waals surface area contributed by atoms with E-state index in [9.17, 15) is 9.90 Å². The summed E-state index contributed by atoms with van der Waals surface area (Å²) in [6, 6.07) is 10.5. The summed E-state index contributed by atoms with van der Waals surface area (Å²) in [6.45, 7) is 2.49. The van der Waals surface area contributed by atoms with E-state index >= 15 is 0 Å². The molecule has 0 spiro atoms. The number of methoxy groups -OCH3 is 1. The van der Waals surface area contributed by atoms with Crippen LogP contribution < -0.4 is 10.3 Å². The SMILES string of the molecule is CCCc1cc(O)cc(=O)n1Cc1ccccc1OC. The number of ether oxygens (including phenoxy) is 1. The third kappa shape index (κ3) is 3.02. The van der Waals surface area contributed by atoms with Crippen LogP contribution in [0.3, 0.4) is 0 Å². The zero-order valence-corrected chi connectivity index (χ0v) is 11.8. The van der Waals surface area contributed by atoms with E-state index < -0.39 is 0 Å². The lowest BCUT2D eigenvalue weighted by Gasteiger charge is -2.14. The van der Waals surface area contributed by atoms with Crippen LogP contribution >= 0.6 is 0 Å². The average Bonchev–Trinajstić information content (AvgIpc) is 2.43. The lowest BCUT2D eigenvalue weighted by Crippen LogP contribution is -2.23. The molecule has 1 heterocycles. The Kier molecular flexibility index (Phi) is 4.45. The average molecular weight is 273 g/mol. The highest BCUT2D eigenvalue weighted by Gasteiger charge is 2.09. The minimum atomic E-state index is -0.195. The number of nitrogens with zero attached hydrogens (tertiary/aromatic N) is 1. The third-order valence-corrected chi connectivity index (χ3v) is 3.23. The zero-order valence-electron chi connectivity index (χ0n) is 11.8. The number of rotatable bonds is 5. The molecule has 1 aromatic heterocycles. The monoisotopic (exact) mass is 273 g/mol. The van der Waals surface area contributed by atoms with Gasteiger partial charge in [-0.1, -0.05) is 31.5 Å². The van der Waals surface area contributed by atoms with E-state index in [0.29, 0.717) is 6.54 Å². The molecule has 4 nitrogen and oxygen atoms in total. The molecule has 106 valence electrons. The summed E-state index contributed by atoms with van der Waals surface area (Å²) >= 11 is 0. The molecule has 2 aromatic rings. The normalized spacial score (nSPS) is 10.5. The van der Waals surface area contributed by atoms with Crippen LogP contribution in [0.5, 0.6) is 11.5 Å². The molecule has 0 aliphatic carbocycles. The molecule has 0 radical (unpaired) electrons. The van der Waals surface area contributed by atoms with Crippen molar-refractivity contribution in [3.05, 3.63) is 58.0 Å². The van der Waals surface area contributed by atoms with Crippen molar-refractivity contribution < 1.29 is 9.84 Å². The predicted molar refractivity (Wildman–Crippen MR) is 78.5 cm³/mol. The number of hydrogen-bond acceptors (Lipinski definition) is 3. The molecule has 0 aliphatic rings. The van der Waals surface area contributed by atoms with Crippen molar-refractivity contribution in [2.45, 2.75) is 26.3 Å². The second kappa shape index (κ2) is 6.28. The third-order valence-electron chi connectivity index (χ3n) is 3.23. The molecule has 0 amide bonds. The Morgan fingerprint density at radius 3 is 2.70 bits per heavy atom. The van der Waals surface area contributed by atoms with Gasteiger partial charge < -0.3 is 14.4 Å². The van der Waals surface area contributed by atoms with E-state index in [0.717, 1.165) is 29.8 Å². The Hall–Kier alpha value is -2.23. The fourth-order valence-electron chi connectivity index (χ4n) is 2.28. The van der Waals surface area contributed by atoms with Gasteiger partial charge in [0.15, 0.2) is 0 Å². The van der Waals surface area contributed by atoms with E-state index in [2.05, 4.69) is 0 Å². The van der Waals surface area contributed by atoms with Gasteiger partial charge in [-0.05, 0) is 18.6 Å². The van der Waals surface area contributed by atoms with Crippen LogP contribution in [0.25, 0.3) is 0 Å². The van der Waals surface area contributed by atoms with Crippen LogP contribution in [0, 0.1) is 0 Å². The van der Waals surface area contributed by atoms with Gasteiger partial charge in [0.2, 0.25) is 0 Å². The van der Waals surface area contributed by atoms with Gasteiger partial charge in [-0.15, -0.1) is 0 Å². The van der Waals surface area contributed by atoms with Gasteiger partial charge in [-0.2, -0.15) is 0 Å². The van der Waals surface area contributed by atoms with Crippen LogP contribution in [0.1, 0.15) is 24.6 Å². The predicted octanol–water partition coefficient (Wildman–Crippen LogP) is 2.56. The molecule has 0 bridgehead atoms. The van der Waals surface area contributed by atoms with Crippen LogP contribution in [-0.4, -0.2) is 16.8 Å². The minimum absolute atomic E-state index is 0.0229. The molecular weight excluding hydrogens is 254 g/mol. The molecular formula is C16H19NO3. The van der Waals surface area contributed by atoms with Crippen molar-refractivity contribution in [3.63, 3.8) is 0 Å². The van der Waals surface area contributed by atoms with Crippen molar-refractivity contribution in [1.29, 1.82) is 0 Å². The summed E-state index contributed by atoms with van der Waals surface area (Å²) in [6.07, 6.45) is 1.66. The summed E-state index contributed by atoms with van der Waals surface area (Å²) in [5.74, 6) is 0.782. The van der Waals surface area contributed by atoms with E-state index in [1.165, 1.54) is 6.07 Å². The van der Waals surface area contributed by atoms with Crippen molar-refractivity contribution in [3.8, 4) is 11.5 Å². The smallest absolute Gasteiger partial charge is 0.254 e. The van der Waals surface area contributed by atoms with E-state index in [1.807, 2.05) is 31.2 Å². The van der Waals surface area contributed by atoms with Crippen molar-refractivity contribution in [2.24, 2.45) is 0 Å². The first-order valence-corrected chi connectivity index (χ1v) is 6.70. The Bertz CT molecular complexity index is 646. The van der Waals surface area contributed by atoms with E-state index in [-0.39, 0.29) is 11.3 Å². The van der Waals surface area contributed by atoms with Gasteiger partial charge in [0.1, 0.15) is 11.5 Å². The first-order valence-electron chi connectivity index (χ1n) is 6.70.